The fourth-order valence-electron chi connectivity index (χ4n) is 3.60. The maximum absolute atomic E-state index is 12.3. The number of nitrogens with one attached hydrogen (secondary N) is 1. The van der Waals surface area contributed by atoms with Gasteiger partial charge in [-0.25, -0.2) is 4.98 Å². The highest BCUT2D eigenvalue weighted by atomic mass is 32.2. The van der Waals surface area contributed by atoms with Gasteiger partial charge in [-0.15, -0.1) is 28.1 Å². The summed E-state index contributed by atoms with van der Waals surface area (Å²) in [6.45, 7) is 8.61. The zero-order valence-electron chi connectivity index (χ0n) is 18.4. The number of rotatable bonds is 9. The summed E-state index contributed by atoms with van der Waals surface area (Å²) in [5, 5.41) is 12.7. The topological polar surface area (TPSA) is 81.9 Å². The van der Waals surface area contributed by atoms with E-state index < -0.39 is 0 Å². The first kappa shape index (κ1) is 22.5. The van der Waals surface area contributed by atoms with Gasteiger partial charge in [-0.05, 0) is 62.8 Å². The minimum absolute atomic E-state index is 0.122. The highest BCUT2D eigenvalue weighted by Crippen LogP contribution is 2.26. The first-order chi connectivity index (χ1) is 15.5. The Balaban J connectivity index is 1.37. The number of allylic oxidation sites excluding steroid dienone is 1. The number of carbonyl (C=O) groups excluding carboxylic acids is 1. The van der Waals surface area contributed by atoms with Crippen molar-refractivity contribution < 1.29 is 9.53 Å². The van der Waals surface area contributed by atoms with Gasteiger partial charge in [0.1, 0.15) is 12.4 Å². The third-order valence-corrected chi connectivity index (χ3v) is 7.36. The molecule has 1 aliphatic rings. The Bertz CT molecular complexity index is 1100. The number of carbonyl (C=O) groups is 1. The largest absolute Gasteiger partial charge is 0.486 e. The summed E-state index contributed by atoms with van der Waals surface area (Å²) in [4.78, 5) is 17.8. The summed E-state index contributed by atoms with van der Waals surface area (Å²) in [5.74, 6) is 1.65. The maximum atomic E-state index is 12.3. The van der Waals surface area contributed by atoms with Crippen LogP contribution in [0.2, 0.25) is 0 Å². The minimum atomic E-state index is -0.122. The Kier molecular flexibility index (Phi) is 7.26. The van der Waals surface area contributed by atoms with E-state index in [1.807, 2.05) is 24.5 Å². The van der Waals surface area contributed by atoms with Gasteiger partial charge in [0.25, 0.3) is 0 Å². The predicted molar refractivity (Wildman–Crippen MR) is 129 cm³/mol. The third-order valence-electron chi connectivity index (χ3n) is 5.40. The van der Waals surface area contributed by atoms with Gasteiger partial charge in [0.05, 0.1) is 11.4 Å². The van der Waals surface area contributed by atoms with E-state index >= 15 is 0 Å². The van der Waals surface area contributed by atoms with Crippen molar-refractivity contribution in [2.24, 2.45) is 0 Å². The van der Waals surface area contributed by atoms with E-state index in [4.69, 9.17) is 4.74 Å². The number of nitrogens with zero attached hydrogens (tertiary/aromatic N) is 4. The second-order valence-electron chi connectivity index (χ2n) is 7.72. The second kappa shape index (κ2) is 10.3. The molecule has 0 unspecified atom stereocenters. The van der Waals surface area contributed by atoms with Crippen LogP contribution in [0.5, 0.6) is 5.75 Å². The molecule has 3 aromatic rings. The summed E-state index contributed by atoms with van der Waals surface area (Å²) >= 11 is 2.81. The lowest BCUT2D eigenvalue weighted by Crippen LogP contribution is -2.15. The van der Waals surface area contributed by atoms with Gasteiger partial charge in [-0.3, -0.25) is 9.36 Å². The van der Waals surface area contributed by atoms with E-state index in [0.717, 1.165) is 29.2 Å². The molecule has 0 fully saturated rings. The lowest BCUT2D eigenvalue weighted by molar-refractivity contribution is -0.113. The van der Waals surface area contributed by atoms with E-state index in [2.05, 4.69) is 39.2 Å². The number of anilines is 1. The van der Waals surface area contributed by atoms with Crippen molar-refractivity contribution >= 4 is 34.1 Å². The standard InChI is InChI=1S/C23H27N5O2S2/c1-4-11-28-20(13-30-19-10-9-17-7-5-6-8-18(17)12-19)26-27-23(28)31-14-21(29)25-22-24-15(2)16(3)32-22/h4,9-10,12H,1,5-8,11,13-14H2,2-3H3,(H,24,25,29). The van der Waals surface area contributed by atoms with Crippen LogP contribution >= 0.6 is 23.1 Å². The zero-order valence-corrected chi connectivity index (χ0v) is 20.0. The first-order valence-corrected chi connectivity index (χ1v) is 12.5. The number of amides is 1. The molecule has 0 bridgehead atoms. The van der Waals surface area contributed by atoms with Gasteiger partial charge in [-0.2, -0.15) is 0 Å². The Hall–Kier alpha value is -2.65. The Morgan fingerprint density at radius 2 is 2.09 bits per heavy atom. The predicted octanol–water partition coefficient (Wildman–Crippen LogP) is 4.73. The fourth-order valence-corrected chi connectivity index (χ4v) is 5.20. The molecule has 4 rings (SSSR count). The van der Waals surface area contributed by atoms with Crippen LogP contribution in [0.15, 0.2) is 36.0 Å². The molecular weight excluding hydrogens is 442 g/mol. The van der Waals surface area contributed by atoms with Crippen LogP contribution in [0.1, 0.15) is 40.4 Å². The lowest BCUT2D eigenvalue weighted by atomic mass is 9.92. The van der Waals surface area contributed by atoms with Crippen LogP contribution in [0.25, 0.3) is 0 Å². The normalized spacial score (nSPS) is 12.9. The fraction of sp³-hybridized carbons (Fsp3) is 0.391. The van der Waals surface area contributed by atoms with Crippen molar-refractivity contribution in [3.8, 4) is 5.75 Å². The molecule has 0 saturated carbocycles. The smallest absolute Gasteiger partial charge is 0.236 e. The number of thiazole rings is 1. The van der Waals surface area contributed by atoms with Crippen molar-refractivity contribution in [3.05, 3.63) is 58.4 Å². The number of fused-ring (bicyclic) bond motifs is 1. The zero-order chi connectivity index (χ0) is 22.5. The third kappa shape index (κ3) is 5.39. The molecule has 1 aliphatic carbocycles. The van der Waals surface area contributed by atoms with E-state index in [1.54, 1.807) is 6.08 Å². The summed E-state index contributed by atoms with van der Waals surface area (Å²) < 4.78 is 7.96. The molecule has 0 saturated heterocycles. The van der Waals surface area contributed by atoms with E-state index in [0.29, 0.717) is 29.3 Å². The van der Waals surface area contributed by atoms with Crippen LogP contribution in [-0.2, 0) is 30.8 Å². The molecule has 2 heterocycles. The van der Waals surface area contributed by atoms with E-state index in [1.165, 1.54) is 47.1 Å². The van der Waals surface area contributed by atoms with E-state index in [9.17, 15) is 4.79 Å². The lowest BCUT2D eigenvalue weighted by Gasteiger charge is -2.16. The number of aromatic nitrogens is 4. The molecular formula is C23H27N5O2S2. The van der Waals surface area contributed by atoms with Crippen molar-refractivity contribution in [2.45, 2.75) is 57.8 Å². The highest BCUT2D eigenvalue weighted by molar-refractivity contribution is 7.99. The van der Waals surface area contributed by atoms with Gasteiger partial charge in [0.2, 0.25) is 5.91 Å². The van der Waals surface area contributed by atoms with Gasteiger partial charge in [-0.1, -0.05) is 23.9 Å². The number of hydrogen-bond donors (Lipinski definition) is 1. The molecule has 9 heteroatoms. The van der Waals surface area contributed by atoms with Gasteiger partial charge in [0.15, 0.2) is 16.1 Å². The van der Waals surface area contributed by atoms with Gasteiger partial charge >= 0.3 is 0 Å². The molecule has 0 aliphatic heterocycles. The summed E-state index contributed by atoms with van der Waals surface area (Å²) in [6, 6.07) is 6.34. The molecule has 0 radical (unpaired) electrons. The van der Waals surface area contributed by atoms with Crippen LogP contribution in [0.3, 0.4) is 0 Å². The number of hydrogen-bond acceptors (Lipinski definition) is 7. The summed E-state index contributed by atoms with van der Waals surface area (Å²) in [5.41, 5.74) is 3.75. The average molecular weight is 470 g/mol. The van der Waals surface area contributed by atoms with E-state index in [-0.39, 0.29) is 11.7 Å². The minimum Gasteiger partial charge on any atom is -0.486 e. The Morgan fingerprint density at radius 3 is 2.84 bits per heavy atom. The number of ether oxygens (including phenoxy) is 1. The molecule has 2 aromatic heterocycles. The molecule has 0 atom stereocenters. The molecule has 1 amide bonds. The SMILES string of the molecule is C=CCn1c(COc2ccc3c(c2)CCCC3)nnc1SCC(=O)Nc1nc(C)c(C)s1. The van der Waals surface area contributed by atoms with Gasteiger partial charge in [0, 0.05) is 11.4 Å². The van der Waals surface area contributed by atoms with Crippen LogP contribution in [0, 0.1) is 13.8 Å². The number of aryl methyl sites for hydroxylation is 4. The van der Waals surface area contributed by atoms with Crippen LogP contribution in [0.4, 0.5) is 5.13 Å². The van der Waals surface area contributed by atoms with Crippen molar-refractivity contribution in [1.29, 1.82) is 0 Å². The molecule has 168 valence electrons. The number of thioether (sulfide) groups is 1. The average Bonchev–Trinajstić information content (AvgIpc) is 3.32. The van der Waals surface area contributed by atoms with Crippen molar-refractivity contribution in [1.82, 2.24) is 19.7 Å². The molecule has 32 heavy (non-hydrogen) atoms. The Morgan fingerprint density at radius 1 is 1.28 bits per heavy atom. The molecule has 7 nitrogen and oxygen atoms in total. The van der Waals surface area contributed by atoms with Crippen molar-refractivity contribution in [2.75, 3.05) is 11.1 Å². The molecule has 1 aromatic carbocycles. The maximum Gasteiger partial charge on any atom is 0.236 e. The number of benzene rings is 1. The Labute approximate surface area is 196 Å². The first-order valence-electron chi connectivity index (χ1n) is 10.7. The second-order valence-corrected chi connectivity index (χ2v) is 9.87. The summed E-state index contributed by atoms with van der Waals surface area (Å²) in [7, 11) is 0. The quantitative estimate of drug-likeness (QED) is 0.361. The van der Waals surface area contributed by atoms with Crippen LogP contribution < -0.4 is 10.1 Å². The van der Waals surface area contributed by atoms with Crippen LogP contribution in [-0.4, -0.2) is 31.4 Å². The van der Waals surface area contributed by atoms with Gasteiger partial charge < -0.3 is 10.1 Å². The molecule has 1 N–H and O–H groups in total. The highest BCUT2D eigenvalue weighted by Gasteiger charge is 2.16. The molecule has 0 spiro atoms. The monoisotopic (exact) mass is 469 g/mol. The summed E-state index contributed by atoms with van der Waals surface area (Å²) in [6.07, 6.45) is 6.55. The van der Waals surface area contributed by atoms with Crippen molar-refractivity contribution in [3.63, 3.8) is 0 Å².